The van der Waals surface area contributed by atoms with Crippen LogP contribution in [0.1, 0.15) is 12.5 Å². The minimum atomic E-state index is -0.540. The summed E-state index contributed by atoms with van der Waals surface area (Å²) in [7, 11) is 3.02. The Kier molecular flexibility index (Phi) is 4.45. The Morgan fingerprint density at radius 2 is 1.91 bits per heavy atom. The van der Waals surface area contributed by atoms with E-state index in [4.69, 9.17) is 9.47 Å². The van der Waals surface area contributed by atoms with Crippen LogP contribution in [0.4, 0.5) is 0 Å². The molecule has 0 radical (unpaired) electrons. The van der Waals surface area contributed by atoms with Gasteiger partial charge in [-0.2, -0.15) is 0 Å². The van der Waals surface area contributed by atoms with Crippen molar-refractivity contribution in [3.63, 3.8) is 0 Å². The van der Waals surface area contributed by atoms with Crippen molar-refractivity contribution in [3.8, 4) is 11.5 Å². The van der Waals surface area contributed by atoms with Crippen molar-refractivity contribution in [1.82, 2.24) is 10.2 Å². The van der Waals surface area contributed by atoms with Crippen molar-refractivity contribution < 1.29 is 23.9 Å². The van der Waals surface area contributed by atoms with Crippen LogP contribution < -0.4 is 14.8 Å². The fourth-order valence-corrected chi connectivity index (χ4v) is 2.07. The first kappa shape index (κ1) is 15.6. The highest BCUT2D eigenvalue weighted by Gasteiger charge is 2.30. The van der Waals surface area contributed by atoms with Gasteiger partial charge >= 0.3 is 0 Å². The van der Waals surface area contributed by atoms with E-state index >= 15 is 0 Å². The number of carbonyl (C=O) groups excluding carboxylic acids is 3. The molecule has 0 unspecified atom stereocenters. The molecule has 1 aliphatic heterocycles. The lowest BCUT2D eigenvalue weighted by Crippen LogP contribution is -2.51. The maximum absolute atomic E-state index is 12.2. The number of imide groups is 1. The number of amides is 3. The SMILES string of the molecule is COc1ccc(/C=C2/NC(=O)CN(C(C)=O)C2=O)cc1OC. The normalized spacial score (nSPS) is 16.5. The number of piperazine rings is 1. The standard InChI is InChI=1S/C15H16N2O5/c1-9(18)17-8-14(19)16-11(15(17)20)6-10-4-5-12(21-2)13(7-10)22-3/h4-7H,8H2,1-3H3,(H,16,19)/b11-6+. The largest absolute Gasteiger partial charge is 0.493 e. The first-order valence-electron chi connectivity index (χ1n) is 6.52. The second-order valence-electron chi connectivity index (χ2n) is 4.63. The molecule has 0 atom stereocenters. The van der Waals surface area contributed by atoms with E-state index < -0.39 is 17.7 Å². The smallest absolute Gasteiger partial charge is 0.277 e. The monoisotopic (exact) mass is 304 g/mol. The van der Waals surface area contributed by atoms with Crippen LogP contribution in [0.25, 0.3) is 6.08 Å². The maximum Gasteiger partial charge on any atom is 0.277 e. The van der Waals surface area contributed by atoms with E-state index in [1.807, 2.05) is 0 Å². The molecule has 116 valence electrons. The number of nitrogens with zero attached hydrogens (tertiary/aromatic N) is 1. The Balaban J connectivity index is 2.37. The van der Waals surface area contributed by atoms with E-state index in [-0.39, 0.29) is 12.2 Å². The number of hydrogen-bond acceptors (Lipinski definition) is 5. The zero-order chi connectivity index (χ0) is 16.3. The van der Waals surface area contributed by atoms with Crippen LogP contribution in [0.2, 0.25) is 0 Å². The lowest BCUT2D eigenvalue weighted by molar-refractivity contribution is -0.147. The average Bonchev–Trinajstić information content (AvgIpc) is 2.50. The molecular formula is C15H16N2O5. The number of ether oxygens (including phenoxy) is 2. The van der Waals surface area contributed by atoms with Gasteiger partial charge < -0.3 is 14.8 Å². The third-order valence-corrected chi connectivity index (χ3v) is 3.15. The predicted octanol–water partition coefficient (Wildman–Crippen LogP) is 0.550. The Morgan fingerprint density at radius 1 is 1.23 bits per heavy atom. The average molecular weight is 304 g/mol. The van der Waals surface area contributed by atoms with Crippen LogP contribution in [0.3, 0.4) is 0 Å². The van der Waals surface area contributed by atoms with Gasteiger partial charge in [0.15, 0.2) is 11.5 Å². The molecule has 0 spiro atoms. The van der Waals surface area contributed by atoms with Gasteiger partial charge in [-0.05, 0) is 23.8 Å². The molecule has 1 aromatic rings. The summed E-state index contributed by atoms with van der Waals surface area (Å²) in [5.74, 6) is -0.384. The molecule has 1 aromatic carbocycles. The second kappa shape index (κ2) is 6.30. The molecule has 2 rings (SSSR count). The molecule has 0 aliphatic carbocycles. The molecule has 3 amide bonds. The molecule has 1 heterocycles. The van der Waals surface area contributed by atoms with E-state index in [0.29, 0.717) is 17.1 Å². The molecule has 22 heavy (non-hydrogen) atoms. The Morgan fingerprint density at radius 3 is 2.50 bits per heavy atom. The first-order valence-corrected chi connectivity index (χ1v) is 6.52. The minimum Gasteiger partial charge on any atom is -0.493 e. The molecule has 7 nitrogen and oxygen atoms in total. The van der Waals surface area contributed by atoms with Gasteiger partial charge in [-0.25, -0.2) is 0 Å². The van der Waals surface area contributed by atoms with E-state index in [0.717, 1.165) is 4.90 Å². The van der Waals surface area contributed by atoms with E-state index in [9.17, 15) is 14.4 Å². The fraction of sp³-hybridized carbons (Fsp3) is 0.267. The highest BCUT2D eigenvalue weighted by molar-refractivity contribution is 6.12. The third kappa shape index (κ3) is 3.08. The minimum absolute atomic E-state index is 0.0404. The highest BCUT2D eigenvalue weighted by Crippen LogP contribution is 2.28. The van der Waals surface area contributed by atoms with Gasteiger partial charge in [-0.15, -0.1) is 0 Å². The van der Waals surface area contributed by atoms with Crippen molar-refractivity contribution in [3.05, 3.63) is 29.5 Å². The number of rotatable bonds is 3. The van der Waals surface area contributed by atoms with Crippen LogP contribution in [0.5, 0.6) is 11.5 Å². The van der Waals surface area contributed by atoms with Crippen molar-refractivity contribution in [2.24, 2.45) is 0 Å². The summed E-state index contributed by atoms with van der Waals surface area (Å²) in [6, 6.07) is 5.06. The Hall–Kier alpha value is -2.83. The third-order valence-electron chi connectivity index (χ3n) is 3.15. The maximum atomic E-state index is 12.2. The van der Waals surface area contributed by atoms with E-state index in [1.165, 1.54) is 27.2 Å². The van der Waals surface area contributed by atoms with Crippen LogP contribution in [-0.4, -0.2) is 43.4 Å². The van der Waals surface area contributed by atoms with Gasteiger partial charge in [-0.3, -0.25) is 19.3 Å². The second-order valence-corrected chi connectivity index (χ2v) is 4.63. The van der Waals surface area contributed by atoms with Crippen LogP contribution in [-0.2, 0) is 14.4 Å². The molecule has 1 fully saturated rings. The summed E-state index contributed by atoms with van der Waals surface area (Å²) in [6.45, 7) is 0.974. The first-order chi connectivity index (χ1) is 10.5. The number of benzene rings is 1. The highest BCUT2D eigenvalue weighted by atomic mass is 16.5. The van der Waals surface area contributed by atoms with Gasteiger partial charge in [0.05, 0.1) is 14.2 Å². The summed E-state index contributed by atoms with van der Waals surface area (Å²) < 4.78 is 10.3. The van der Waals surface area contributed by atoms with Gasteiger partial charge in [-0.1, -0.05) is 6.07 Å². The Labute approximate surface area is 127 Å². The van der Waals surface area contributed by atoms with Crippen LogP contribution >= 0.6 is 0 Å². The molecular weight excluding hydrogens is 288 g/mol. The zero-order valence-electron chi connectivity index (χ0n) is 12.5. The van der Waals surface area contributed by atoms with Gasteiger partial charge in [0.1, 0.15) is 12.2 Å². The number of hydrogen-bond donors (Lipinski definition) is 1. The number of methoxy groups -OCH3 is 2. The molecule has 7 heteroatoms. The number of carbonyl (C=O) groups is 3. The summed E-state index contributed by atoms with van der Waals surface area (Å²) in [4.78, 5) is 36.1. The molecule has 1 N–H and O–H groups in total. The predicted molar refractivity (Wildman–Crippen MR) is 78.1 cm³/mol. The molecule has 1 aliphatic rings. The molecule has 1 saturated heterocycles. The summed E-state index contributed by atoms with van der Waals surface area (Å²) in [6.07, 6.45) is 1.48. The number of nitrogens with one attached hydrogen (secondary N) is 1. The lowest BCUT2D eigenvalue weighted by atomic mass is 10.1. The van der Waals surface area contributed by atoms with Gasteiger partial charge in [0, 0.05) is 6.92 Å². The molecule has 0 aromatic heterocycles. The van der Waals surface area contributed by atoms with E-state index in [2.05, 4.69) is 5.32 Å². The summed E-state index contributed by atoms with van der Waals surface area (Å²) in [5.41, 5.74) is 0.672. The van der Waals surface area contributed by atoms with E-state index in [1.54, 1.807) is 18.2 Å². The molecule has 0 bridgehead atoms. The van der Waals surface area contributed by atoms with Crippen LogP contribution in [0.15, 0.2) is 23.9 Å². The topological polar surface area (TPSA) is 84.9 Å². The van der Waals surface area contributed by atoms with Crippen molar-refractivity contribution in [2.45, 2.75) is 6.92 Å². The zero-order valence-corrected chi connectivity index (χ0v) is 12.5. The quantitative estimate of drug-likeness (QED) is 0.824. The Bertz CT molecular complexity index is 666. The summed E-state index contributed by atoms with van der Waals surface area (Å²) >= 11 is 0. The van der Waals surface area contributed by atoms with Crippen molar-refractivity contribution in [2.75, 3.05) is 20.8 Å². The van der Waals surface area contributed by atoms with Gasteiger partial charge in [0.25, 0.3) is 5.91 Å². The fourth-order valence-electron chi connectivity index (χ4n) is 2.07. The lowest BCUT2D eigenvalue weighted by Gasteiger charge is -2.25. The van der Waals surface area contributed by atoms with Crippen LogP contribution in [0, 0.1) is 0 Å². The van der Waals surface area contributed by atoms with Crippen molar-refractivity contribution in [1.29, 1.82) is 0 Å². The van der Waals surface area contributed by atoms with Gasteiger partial charge in [0.2, 0.25) is 11.8 Å². The van der Waals surface area contributed by atoms with Crippen molar-refractivity contribution >= 4 is 23.8 Å². The summed E-state index contributed by atoms with van der Waals surface area (Å²) in [5, 5.41) is 2.47. The molecule has 0 saturated carbocycles.